The molecule has 1 aromatic rings. The molecule has 1 aromatic carbocycles. The molecule has 0 heterocycles. The predicted octanol–water partition coefficient (Wildman–Crippen LogP) is 3.74. The van der Waals surface area contributed by atoms with E-state index in [4.69, 9.17) is 10.2 Å². The first kappa shape index (κ1) is 18.1. The van der Waals surface area contributed by atoms with Gasteiger partial charge in [-0.25, -0.2) is 0 Å². The second-order valence-electron chi connectivity index (χ2n) is 4.25. The van der Waals surface area contributed by atoms with Crippen LogP contribution in [0.1, 0.15) is 12.8 Å². The second kappa shape index (κ2) is 8.48. The second-order valence-corrected chi connectivity index (χ2v) is 11.9. The summed E-state index contributed by atoms with van der Waals surface area (Å²) in [6.07, 6.45) is -0.704. The molecule has 2 atom stereocenters. The Morgan fingerprint density at radius 3 is 2.29 bits per heavy atom. The molecule has 6 nitrogen and oxygen atoms in total. The predicted molar refractivity (Wildman–Crippen MR) is 83.0 cm³/mol. The molecule has 0 amide bonds. The summed E-state index contributed by atoms with van der Waals surface area (Å²) in [6.45, 7) is 0. The zero-order chi connectivity index (χ0) is 15.9. The Balaban J connectivity index is 2.79. The Morgan fingerprint density at radius 2 is 1.81 bits per heavy atom. The number of hydrogen-bond donors (Lipinski definition) is 3. The van der Waals surface area contributed by atoms with Gasteiger partial charge < -0.3 is 14.8 Å². The van der Waals surface area contributed by atoms with E-state index in [1.807, 2.05) is 0 Å². The number of carboxylic acids is 2. The molecule has 9 heteroatoms. The molecule has 0 aliphatic rings. The third kappa shape index (κ3) is 6.56. The average molecular weight is 350 g/mol. The molecule has 2 unspecified atom stereocenters. The lowest BCUT2D eigenvalue weighted by Gasteiger charge is -2.18. The van der Waals surface area contributed by atoms with Crippen LogP contribution in [0.25, 0.3) is 0 Å². The Kier molecular flexibility index (Phi) is 7.31. The fourth-order valence-corrected chi connectivity index (χ4v) is 7.25. The van der Waals surface area contributed by atoms with E-state index < -0.39 is 23.4 Å². The first-order valence-electron chi connectivity index (χ1n) is 5.98. The summed E-state index contributed by atoms with van der Waals surface area (Å²) in [5, 5.41) is 17.7. The van der Waals surface area contributed by atoms with E-state index in [2.05, 4.69) is 0 Å². The quantitative estimate of drug-likeness (QED) is 0.456. The van der Waals surface area contributed by atoms with Crippen molar-refractivity contribution in [3.8, 4) is 0 Å². The number of aliphatic carboxylic acids is 2. The molecule has 21 heavy (non-hydrogen) atoms. The minimum absolute atomic E-state index is 0.120. The van der Waals surface area contributed by atoms with Crippen LogP contribution in [0.3, 0.4) is 0 Å². The highest BCUT2D eigenvalue weighted by atomic mass is 33.1. The van der Waals surface area contributed by atoms with Gasteiger partial charge in [-0.3, -0.25) is 14.2 Å². The van der Waals surface area contributed by atoms with E-state index in [9.17, 15) is 18.7 Å². The lowest BCUT2D eigenvalue weighted by Crippen LogP contribution is -2.18. The number of benzene rings is 1. The van der Waals surface area contributed by atoms with Gasteiger partial charge in [0.2, 0.25) is 5.55 Å². The highest BCUT2D eigenvalue weighted by Crippen LogP contribution is 2.71. The first-order valence-corrected chi connectivity index (χ1v) is 10.7. The van der Waals surface area contributed by atoms with E-state index in [0.29, 0.717) is 4.90 Å². The van der Waals surface area contributed by atoms with E-state index in [0.717, 1.165) is 11.4 Å². The molecule has 0 spiro atoms. The normalized spacial score (nSPS) is 15.1. The molecule has 0 aromatic heterocycles. The Hall–Kier alpha value is -0.950. The molecular weight excluding hydrogens is 335 g/mol. The van der Waals surface area contributed by atoms with Crippen LogP contribution in [-0.2, 0) is 14.2 Å². The Labute approximate surface area is 130 Å². The molecule has 1 rings (SSSR count). The zero-order valence-electron chi connectivity index (χ0n) is 10.9. The minimum atomic E-state index is -3.28. The highest BCUT2D eigenvalue weighted by molar-refractivity contribution is 8.89. The molecule has 0 fully saturated rings. The van der Waals surface area contributed by atoms with Gasteiger partial charge in [0, 0.05) is 17.5 Å². The maximum Gasteiger partial charge on any atom is 0.307 e. The zero-order valence-corrected chi connectivity index (χ0v) is 13.4. The third-order valence-corrected chi connectivity index (χ3v) is 8.89. The van der Waals surface area contributed by atoms with Crippen molar-refractivity contribution in [2.45, 2.75) is 17.7 Å². The Bertz CT molecular complexity index is 536. The van der Waals surface area contributed by atoms with Gasteiger partial charge in [0.1, 0.15) is 0 Å². The molecule has 0 bridgehead atoms. The summed E-state index contributed by atoms with van der Waals surface area (Å²) in [7, 11) is 0. The first-order chi connectivity index (χ1) is 9.86. The van der Waals surface area contributed by atoms with Crippen molar-refractivity contribution in [2.75, 3.05) is 6.16 Å². The van der Waals surface area contributed by atoms with Crippen LogP contribution in [0.2, 0.25) is 0 Å². The van der Waals surface area contributed by atoms with Crippen molar-refractivity contribution in [3.63, 3.8) is 0 Å². The van der Waals surface area contributed by atoms with E-state index in [1.165, 1.54) is 0 Å². The largest absolute Gasteiger partial charge is 0.481 e. The third-order valence-electron chi connectivity index (χ3n) is 2.61. The van der Waals surface area contributed by atoms with Crippen molar-refractivity contribution in [2.24, 2.45) is 5.92 Å². The van der Waals surface area contributed by atoms with Crippen LogP contribution in [-0.4, -0.2) is 32.9 Å². The molecular formula is C12H15O6PS2. The van der Waals surface area contributed by atoms with Crippen molar-refractivity contribution in [3.05, 3.63) is 30.3 Å². The summed E-state index contributed by atoms with van der Waals surface area (Å²) in [6, 6.07) is 8.69. The van der Waals surface area contributed by atoms with Crippen molar-refractivity contribution in [1.82, 2.24) is 0 Å². The summed E-state index contributed by atoms with van der Waals surface area (Å²) < 4.78 is 21.9. The fourth-order valence-electron chi connectivity index (χ4n) is 1.59. The molecule has 0 saturated heterocycles. The van der Waals surface area contributed by atoms with Gasteiger partial charge >= 0.3 is 11.9 Å². The van der Waals surface area contributed by atoms with E-state index in [1.54, 1.807) is 30.3 Å². The van der Waals surface area contributed by atoms with Gasteiger partial charge in [0.25, 0.3) is 0 Å². The van der Waals surface area contributed by atoms with Crippen LogP contribution >= 0.6 is 28.6 Å². The molecule has 0 radical (unpaired) electrons. The summed E-state index contributed by atoms with van der Waals surface area (Å²) in [5.41, 5.74) is -3.28. The van der Waals surface area contributed by atoms with E-state index in [-0.39, 0.29) is 30.7 Å². The number of carbonyl (C=O) groups is 2. The van der Waals surface area contributed by atoms with Gasteiger partial charge in [0.15, 0.2) is 0 Å². The lowest BCUT2D eigenvalue weighted by atomic mass is 10.1. The summed E-state index contributed by atoms with van der Waals surface area (Å²) in [4.78, 5) is 22.3. The summed E-state index contributed by atoms with van der Waals surface area (Å²) >= 11 is 1.08. The monoisotopic (exact) mass is 350 g/mol. The van der Waals surface area contributed by atoms with Crippen molar-refractivity contribution >= 4 is 40.5 Å². The maximum atomic E-state index is 12.6. The van der Waals surface area contributed by atoms with Gasteiger partial charge in [0.05, 0.1) is 17.6 Å². The highest BCUT2D eigenvalue weighted by Gasteiger charge is 2.32. The number of carboxylic acid groups (broad SMARTS) is 2. The standard InChI is InChI=1S/C12H15O6PS2/c13-11(14)7-6-9(12(15)16)8-19(17,21-18)20-10-4-2-1-3-5-10/h1-5,9,18H,6-8H2,(H,13,14)(H,15,16). The average Bonchev–Trinajstić information content (AvgIpc) is 2.44. The van der Waals surface area contributed by atoms with Gasteiger partial charge in [-0.05, 0) is 29.9 Å². The van der Waals surface area contributed by atoms with Crippen LogP contribution in [0.5, 0.6) is 0 Å². The smallest absolute Gasteiger partial charge is 0.307 e. The van der Waals surface area contributed by atoms with E-state index >= 15 is 0 Å². The SMILES string of the molecule is O=C(O)CCC(CP(=O)(SO)Sc1ccccc1)C(=O)O. The van der Waals surface area contributed by atoms with Crippen LogP contribution in [0, 0.1) is 5.92 Å². The minimum Gasteiger partial charge on any atom is -0.481 e. The maximum absolute atomic E-state index is 12.6. The topological polar surface area (TPSA) is 112 Å². The van der Waals surface area contributed by atoms with Crippen LogP contribution < -0.4 is 0 Å². The fraction of sp³-hybridized carbons (Fsp3) is 0.333. The van der Waals surface area contributed by atoms with Crippen LogP contribution in [0.4, 0.5) is 0 Å². The van der Waals surface area contributed by atoms with Gasteiger partial charge in [-0.15, -0.1) is 0 Å². The van der Waals surface area contributed by atoms with Gasteiger partial charge in [-0.2, -0.15) is 0 Å². The molecule has 0 saturated carbocycles. The lowest BCUT2D eigenvalue weighted by molar-refractivity contribution is -0.142. The van der Waals surface area contributed by atoms with Crippen molar-refractivity contribution in [1.29, 1.82) is 0 Å². The molecule has 3 N–H and O–H groups in total. The molecule has 116 valence electrons. The Morgan fingerprint density at radius 1 is 1.19 bits per heavy atom. The molecule has 0 aliphatic carbocycles. The van der Waals surface area contributed by atoms with Gasteiger partial charge in [-0.1, -0.05) is 18.2 Å². The number of hydrogen-bond acceptors (Lipinski definition) is 6. The van der Waals surface area contributed by atoms with Crippen molar-refractivity contribution < 1.29 is 28.9 Å². The molecule has 0 aliphatic heterocycles. The number of rotatable bonds is 9. The summed E-state index contributed by atoms with van der Waals surface area (Å²) in [5.74, 6) is -3.38. The van der Waals surface area contributed by atoms with Crippen LogP contribution in [0.15, 0.2) is 35.2 Å².